The van der Waals surface area contributed by atoms with Gasteiger partial charge in [-0.25, -0.2) is 4.18 Å². The first-order valence-corrected chi connectivity index (χ1v) is 12.2. The molecule has 0 heterocycles. The zero-order chi connectivity index (χ0) is 21.0. The number of hydrogen-bond donors (Lipinski definition) is 2. The molecule has 2 N–H and O–H groups in total. The van der Waals surface area contributed by atoms with E-state index in [-0.39, 0.29) is 35.7 Å². The molecule has 0 spiro atoms. The molecule has 0 aliphatic heterocycles. The van der Waals surface area contributed by atoms with Crippen molar-refractivity contribution >= 4 is 22.5 Å². The number of hydrogen-bond acceptors (Lipinski definition) is 6. The summed E-state index contributed by atoms with van der Waals surface area (Å²) in [5.41, 5.74) is -0.714. The van der Waals surface area contributed by atoms with Crippen LogP contribution in [0.4, 0.5) is 0 Å². The Morgan fingerprint density at radius 2 is 2.00 bits per heavy atom. The van der Waals surface area contributed by atoms with Gasteiger partial charge in [0.25, 0.3) is 0 Å². The molecule has 8 heteroatoms. The van der Waals surface area contributed by atoms with E-state index in [4.69, 9.17) is 4.55 Å². The lowest BCUT2D eigenvalue weighted by Crippen LogP contribution is -2.59. The smallest absolute Gasteiger partial charge is 0.393 e. The van der Waals surface area contributed by atoms with Gasteiger partial charge in [0.2, 0.25) is 0 Å². The van der Waals surface area contributed by atoms with Gasteiger partial charge in [-0.2, -0.15) is 8.42 Å². The van der Waals surface area contributed by atoms with Crippen LogP contribution in [0.2, 0.25) is 0 Å². The molecule has 4 aliphatic carbocycles. The molecule has 4 fully saturated rings. The number of ketones is 1. The molecule has 0 saturated heterocycles. The minimum absolute atomic E-state index is 0.0548. The molecule has 164 valence electrons. The standard InChI is InChI=1S/C21H32O7S/c1-20-8-6-15(23)10-14(20)2-4-16-17-5-3-13(7-9-28-29(25,26)27)21(17,12-22)11-18(24)19(16)20/h12-14,16-19,24H,2-11H2,1H3,(H,25,26,27)/t13-,14?,16+,17+,18+,19-,20+,21+/m1/s1. The van der Waals surface area contributed by atoms with Crippen molar-refractivity contribution in [3.8, 4) is 0 Å². The SMILES string of the molecule is C[C@]12CCC(=O)CC1CC[C@@H]1[C@@H]2[C@@H](O)C[C@]2(C=O)[C@@H](CCOS(=O)(=O)O)CC[C@@H]12. The van der Waals surface area contributed by atoms with Crippen LogP contribution in [-0.4, -0.2) is 42.9 Å². The second-order valence-electron chi connectivity index (χ2n) is 10.1. The number of carbonyl (C=O) groups excluding carboxylic acids is 2. The van der Waals surface area contributed by atoms with Crippen LogP contribution >= 0.6 is 0 Å². The average molecular weight is 429 g/mol. The van der Waals surface area contributed by atoms with Gasteiger partial charge in [-0.05, 0) is 80.0 Å². The predicted octanol–water partition coefficient (Wildman–Crippen LogP) is 2.57. The van der Waals surface area contributed by atoms with Gasteiger partial charge in [-0.3, -0.25) is 9.35 Å². The highest BCUT2D eigenvalue weighted by atomic mass is 32.3. The molecule has 7 nitrogen and oxygen atoms in total. The van der Waals surface area contributed by atoms with E-state index < -0.39 is 21.9 Å². The first-order valence-electron chi connectivity index (χ1n) is 10.9. The highest BCUT2D eigenvalue weighted by Crippen LogP contribution is 2.67. The number of carbonyl (C=O) groups is 2. The van der Waals surface area contributed by atoms with Gasteiger partial charge < -0.3 is 9.90 Å². The number of aldehydes is 1. The zero-order valence-electron chi connectivity index (χ0n) is 17.0. The first-order chi connectivity index (χ1) is 13.6. The topological polar surface area (TPSA) is 118 Å². The second kappa shape index (κ2) is 7.39. The summed E-state index contributed by atoms with van der Waals surface area (Å²) < 4.78 is 35.1. The maximum Gasteiger partial charge on any atom is 0.397 e. The fraction of sp³-hybridized carbons (Fsp3) is 0.905. The van der Waals surface area contributed by atoms with E-state index in [1.165, 1.54) is 0 Å². The summed E-state index contributed by atoms with van der Waals surface area (Å²) in [5, 5.41) is 11.3. The summed E-state index contributed by atoms with van der Waals surface area (Å²) in [7, 11) is -4.49. The summed E-state index contributed by atoms with van der Waals surface area (Å²) in [5.74, 6) is 1.15. The van der Waals surface area contributed by atoms with E-state index in [0.717, 1.165) is 38.4 Å². The Morgan fingerprint density at radius 3 is 2.69 bits per heavy atom. The molecule has 8 atom stereocenters. The molecule has 29 heavy (non-hydrogen) atoms. The van der Waals surface area contributed by atoms with Crippen molar-refractivity contribution in [2.45, 2.75) is 70.8 Å². The summed E-state index contributed by atoms with van der Waals surface area (Å²) in [4.78, 5) is 24.4. The normalized spacial score (nSPS) is 47.2. The Morgan fingerprint density at radius 1 is 1.24 bits per heavy atom. The Hall–Kier alpha value is -0.830. The highest BCUT2D eigenvalue weighted by molar-refractivity contribution is 7.80. The molecule has 0 amide bonds. The van der Waals surface area contributed by atoms with Gasteiger partial charge in [0.05, 0.1) is 12.7 Å². The summed E-state index contributed by atoms with van der Waals surface area (Å²) in [6, 6.07) is 0. The van der Waals surface area contributed by atoms with E-state index in [0.29, 0.717) is 37.4 Å². The molecule has 0 aromatic heterocycles. The van der Waals surface area contributed by atoms with Crippen LogP contribution in [0.3, 0.4) is 0 Å². The van der Waals surface area contributed by atoms with Crippen molar-refractivity contribution in [3.63, 3.8) is 0 Å². The van der Waals surface area contributed by atoms with Crippen LogP contribution in [0.25, 0.3) is 0 Å². The van der Waals surface area contributed by atoms with Crippen LogP contribution in [-0.2, 0) is 24.2 Å². The molecule has 4 aliphatic rings. The third kappa shape index (κ3) is 3.50. The number of rotatable bonds is 5. The monoisotopic (exact) mass is 428 g/mol. The van der Waals surface area contributed by atoms with E-state index in [1.807, 2.05) is 0 Å². The van der Waals surface area contributed by atoms with Gasteiger partial charge in [0.15, 0.2) is 0 Å². The Balaban J connectivity index is 1.57. The molecule has 4 saturated carbocycles. The molecule has 0 aromatic carbocycles. The van der Waals surface area contributed by atoms with Crippen LogP contribution in [0.5, 0.6) is 0 Å². The van der Waals surface area contributed by atoms with Crippen molar-refractivity contribution in [1.29, 1.82) is 0 Å². The first kappa shape index (κ1) is 21.4. The quantitative estimate of drug-likeness (QED) is 0.510. The highest BCUT2D eigenvalue weighted by Gasteiger charge is 2.64. The molecule has 4 rings (SSSR count). The van der Waals surface area contributed by atoms with Crippen molar-refractivity contribution in [2.24, 2.45) is 40.4 Å². The fourth-order valence-corrected chi connectivity index (χ4v) is 8.22. The van der Waals surface area contributed by atoms with E-state index in [9.17, 15) is 23.1 Å². The van der Waals surface area contributed by atoms with Gasteiger partial charge in [0, 0.05) is 18.3 Å². The molecular weight excluding hydrogens is 396 g/mol. The maximum atomic E-state index is 12.4. The van der Waals surface area contributed by atoms with E-state index in [1.54, 1.807) is 0 Å². The van der Waals surface area contributed by atoms with Crippen molar-refractivity contribution < 1.29 is 31.8 Å². The summed E-state index contributed by atoms with van der Waals surface area (Å²) in [6.45, 7) is 2.09. The minimum Gasteiger partial charge on any atom is -0.393 e. The zero-order valence-corrected chi connectivity index (χ0v) is 17.8. The molecular formula is C21H32O7S. The summed E-state index contributed by atoms with van der Waals surface area (Å²) >= 11 is 0. The molecule has 1 unspecified atom stereocenters. The molecule has 0 radical (unpaired) electrons. The third-order valence-corrected chi connectivity index (χ3v) is 9.57. The van der Waals surface area contributed by atoms with Crippen molar-refractivity contribution in [1.82, 2.24) is 0 Å². The number of aliphatic hydroxyl groups is 1. The van der Waals surface area contributed by atoms with Gasteiger partial charge in [-0.1, -0.05) is 6.92 Å². The van der Waals surface area contributed by atoms with Crippen LogP contribution in [0, 0.1) is 40.4 Å². The fourth-order valence-electron chi connectivity index (χ4n) is 7.91. The van der Waals surface area contributed by atoms with Crippen LogP contribution in [0.1, 0.15) is 64.7 Å². The summed E-state index contributed by atoms with van der Waals surface area (Å²) in [6.07, 6.45) is 6.81. The Bertz CT molecular complexity index is 780. The minimum atomic E-state index is -4.49. The number of Topliss-reactive ketones (excluding diaryl/α,β-unsaturated/α-hetero) is 1. The predicted molar refractivity (Wildman–Crippen MR) is 104 cm³/mol. The van der Waals surface area contributed by atoms with Gasteiger partial charge >= 0.3 is 10.4 Å². The molecule has 0 aromatic rings. The third-order valence-electron chi connectivity index (χ3n) is 9.11. The average Bonchev–Trinajstić information content (AvgIpc) is 3.00. The number of aliphatic hydroxyl groups excluding tert-OH is 1. The van der Waals surface area contributed by atoms with Gasteiger partial charge in [0.1, 0.15) is 12.1 Å². The molecule has 0 bridgehead atoms. The van der Waals surface area contributed by atoms with Gasteiger partial charge in [-0.15, -0.1) is 0 Å². The van der Waals surface area contributed by atoms with E-state index in [2.05, 4.69) is 11.1 Å². The largest absolute Gasteiger partial charge is 0.397 e. The lowest BCUT2D eigenvalue weighted by Gasteiger charge is -2.61. The number of fused-ring (bicyclic) bond motifs is 5. The Labute approximate surface area is 172 Å². The second-order valence-corrected chi connectivity index (χ2v) is 11.2. The van der Waals surface area contributed by atoms with Crippen LogP contribution in [0.15, 0.2) is 0 Å². The van der Waals surface area contributed by atoms with Crippen molar-refractivity contribution in [3.05, 3.63) is 0 Å². The lowest BCUT2D eigenvalue weighted by atomic mass is 9.44. The van der Waals surface area contributed by atoms with Crippen LogP contribution < -0.4 is 0 Å². The maximum absolute atomic E-state index is 12.4. The van der Waals surface area contributed by atoms with E-state index >= 15 is 0 Å². The Kier molecular flexibility index (Phi) is 5.46. The lowest BCUT2D eigenvalue weighted by molar-refractivity contribution is -0.176. The van der Waals surface area contributed by atoms with Crippen molar-refractivity contribution in [2.75, 3.05) is 6.61 Å².